The van der Waals surface area contributed by atoms with Crippen molar-refractivity contribution in [1.82, 2.24) is 10.2 Å². The third-order valence-electron chi connectivity index (χ3n) is 6.40. The molecule has 1 aliphatic heterocycles. The molecular formula is C23H30N2O5S. The number of nitrogens with one attached hydrogen (secondary N) is 1. The lowest BCUT2D eigenvalue weighted by Crippen LogP contribution is -2.48. The Hall–Kier alpha value is -2.35. The quantitative estimate of drug-likeness (QED) is 0.488. The number of benzene rings is 1. The van der Waals surface area contributed by atoms with Gasteiger partial charge in [-0.1, -0.05) is 38.8 Å². The van der Waals surface area contributed by atoms with Gasteiger partial charge in [-0.15, -0.1) is 0 Å². The van der Waals surface area contributed by atoms with E-state index in [1.165, 1.54) is 11.8 Å². The van der Waals surface area contributed by atoms with Gasteiger partial charge in [0, 0.05) is 6.04 Å². The molecule has 168 valence electrons. The summed E-state index contributed by atoms with van der Waals surface area (Å²) in [6, 6.07) is 5.53. The van der Waals surface area contributed by atoms with E-state index < -0.39 is 30.4 Å². The molecule has 3 amide bonds. The second kappa shape index (κ2) is 10.3. The van der Waals surface area contributed by atoms with E-state index >= 15 is 0 Å². The van der Waals surface area contributed by atoms with Gasteiger partial charge in [-0.2, -0.15) is 11.8 Å². The zero-order valence-electron chi connectivity index (χ0n) is 18.3. The molecule has 8 heteroatoms. The highest BCUT2D eigenvalue weighted by Gasteiger charge is 2.43. The number of amides is 3. The molecule has 1 aromatic rings. The maximum atomic E-state index is 12.8. The standard InChI is InChI=1S/C23H30N2O5S/c1-14-7-6-10-18(15(14)2)24-20(26)13-30-23(29)19(11-12-31-3)25-21(27)16-8-4-5-9-17(16)22(25)28/h4-5,8-9,14-15,18-19H,6-7,10-13H2,1-3H3,(H,24,26)/t14-,15-,18-,19-/m1/s1. The summed E-state index contributed by atoms with van der Waals surface area (Å²) in [5.41, 5.74) is 0.570. The van der Waals surface area contributed by atoms with E-state index in [0.29, 0.717) is 17.6 Å². The molecule has 1 aliphatic carbocycles. The zero-order valence-corrected chi connectivity index (χ0v) is 19.1. The Balaban J connectivity index is 1.63. The maximum Gasteiger partial charge on any atom is 0.329 e. The first kappa shape index (κ1) is 23.3. The molecule has 0 bridgehead atoms. The Morgan fingerprint density at radius 3 is 2.42 bits per heavy atom. The van der Waals surface area contributed by atoms with Crippen molar-refractivity contribution in [2.75, 3.05) is 18.6 Å². The van der Waals surface area contributed by atoms with Crippen LogP contribution in [0.15, 0.2) is 24.3 Å². The Bertz CT molecular complexity index is 823. The van der Waals surface area contributed by atoms with Crippen LogP contribution in [0.3, 0.4) is 0 Å². The normalized spacial score (nSPS) is 24.0. The summed E-state index contributed by atoms with van der Waals surface area (Å²) in [5.74, 6) is -0.630. The summed E-state index contributed by atoms with van der Waals surface area (Å²) in [6.07, 6.45) is 5.28. The zero-order chi connectivity index (χ0) is 22.5. The molecule has 1 N–H and O–H groups in total. The number of carbonyl (C=O) groups excluding carboxylic acids is 4. The highest BCUT2D eigenvalue weighted by Crippen LogP contribution is 2.29. The fourth-order valence-electron chi connectivity index (χ4n) is 4.34. The van der Waals surface area contributed by atoms with E-state index in [1.807, 2.05) is 6.26 Å². The second-order valence-electron chi connectivity index (χ2n) is 8.37. The predicted octanol–water partition coefficient (Wildman–Crippen LogP) is 2.89. The topological polar surface area (TPSA) is 92.8 Å². The molecule has 1 fully saturated rings. The lowest BCUT2D eigenvalue weighted by molar-refractivity contribution is -0.152. The van der Waals surface area contributed by atoms with Gasteiger partial charge in [0.05, 0.1) is 11.1 Å². The molecule has 1 aromatic carbocycles. The molecular weight excluding hydrogens is 416 g/mol. The first-order valence-corrected chi connectivity index (χ1v) is 12.2. The average Bonchev–Trinajstić information content (AvgIpc) is 3.01. The van der Waals surface area contributed by atoms with E-state index in [2.05, 4.69) is 19.2 Å². The number of ether oxygens (including phenoxy) is 1. The van der Waals surface area contributed by atoms with Crippen molar-refractivity contribution < 1.29 is 23.9 Å². The summed E-state index contributed by atoms with van der Waals surface area (Å²) in [5, 5.41) is 2.97. The van der Waals surface area contributed by atoms with Gasteiger partial charge in [-0.05, 0) is 48.8 Å². The molecule has 0 saturated heterocycles. The Kier molecular flexibility index (Phi) is 7.75. The molecule has 0 radical (unpaired) electrons. The summed E-state index contributed by atoms with van der Waals surface area (Å²) >= 11 is 1.50. The molecule has 2 aliphatic rings. The third-order valence-corrected chi connectivity index (χ3v) is 7.05. The van der Waals surface area contributed by atoms with Crippen molar-refractivity contribution in [2.45, 2.75) is 51.6 Å². The number of thioether (sulfide) groups is 1. The monoisotopic (exact) mass is 446 g/mol. The predicted molar refractivity (Wildman–Crippen MR) is 119 cm³/mol. The van der Waals surface area contributed by atoms with Crippen LogP contribution in [0.1, 0.15) is 60.2 Å². The number of hydrogen-bond donors (Lipinski definition) is 1. The summed E-state index contributed by atoms with van der Waals surface area (Å²) in [7, 11) is 0. The number of carbonyl (C=O) groups is 4. The first-order valence-electron chi connectivity index (χ1n) is 10.8. The van der Waals surface area contributed by atoms with Gasteiger partial charge in [0.2, 0.25) is 0 Å². The smallest absolute Gasteiger partial charge is 0.329 e. The van der Waals surface area contributed by atoms with E-state index in [4.69, 9.17) is 4.74 Å². The van der Waals surface area contributed by atoms with Gasteiger partial charge in [-0.3, -0.25) is 19.3 Å². The van der Waals surface area contributed by atoms with Crippen LogP contribution in [0.5, 0.6) is 0 Å². The van der Waals surface area contributed by atoms with Gasteiger partial charge < -0.3 is 10.1 Å². The number of fused-ring (bicyclic) bond motifs is 1. The average molecular weight is 447 g/mol. The molecule has 7 nitrogen and oxygen atoms in total. The van der Waals surface area contributed by atoms with Crippen LogP contribution < -0.4 is 5.32 Å². The van der Waals surface area contributed by atoms with Crippen molar-refractivity contribution in [1.29, 1.82) is 0 Å². The van der Waals surface area contributed by atoms with Gasteiger partial charge in [0.1, 0.15) is 6.04 Å². The van der Waals surface area contributed by atoms with E-state index in [0.717, 1.165) is 24.2 Å². The van der Waals surface area contributed by atoms with Crippen LogP contribution in [0.4, 0.5) is 0 Å². The van der Waals surface area contributed by atoms with Crippen molar-refractivity contribution in [3.05, 3.63) is 35.4 Å². The maximum absolute atomic E-state index is 12.8. The summed E-state index contributed by atoms with van der Waals surface area (Å²) in [6.45, 7) is 3.89. The van der Waals surface area contributed by atoms with E-state index in [-0.39, 0.29) is 29.5 Å². The van der Waals surface area contributed by atoms with Crippen LogP contribution in [-0.4, -0.2) is 59.3 Å². The number of nitrogens with zero attached hydrogens (tertiary/aromatic N) is 1. The van der Waals surface area contributed by atoms with Crippen LogP contribution >= 0.6 is 11.8 Å². The molecule has 3 rings (SSSR count). The fraction of sp³-hybridized carbons (Fsp3) is 0.565. The Morgan fingerprint density at radius 2 is 1.81 bits per heavy atom. The van der Waals surface area contributed by atoms with Gasteiger partial charge in [0.15, 0.2) is 6.61 Å². The van der Waals surface area contributed by atoms with Crippen LogP contribution in [0.2, 0.25) is 0 Å². The summed E-state index contributed by atoms with van der Waals surface area (Å²) in [4.78, 5) is 51.8. The highest BCUT2D eigenvalue weighted by molar-refractivity contribution is 7.98. The molecule has 1 heterocycles. The van der Waals surface area contributed by atoms with Gasteiger partial charge in [-0.25, -0.2) is 4.79 Å². The van der Waals surface area contributed by atoms with E-state index in [1.54, 1.807) is 24.3 Å². The Labute approximate surface area is 187 Å². The lowest BCUT2D eigenvalue weighted by Gasteiger charge is -2.34. The van der Waals surface area contributed by atoms with Crippen molar-refractivity contribution in [3.63, 3.8) is 0 Å². The molecule has 0 aromatic heterocycles. The first-order chi connectivity index (χ1) is 14.8. The Morgan fingerprint density at radius 1 is 1.16 bits per heavy atom. The molecule has 0 unspecified atom stereocenters. The molecule has 4 atom stereocenters. The van der Waals surface area contributed by atoms with Crippen molar-refractivity contribution in [2.24, 2.45) is 11.8 Å². The third kappa shape index (κ3) is 5.11. The van der Waals surface area contributed by atoms with Crippen LogP contribution in [-0.2, 0) is 14.3 Å². The van der Waals surface area contributed by atoms with E-state index in [9.17, 15) is 19.2 Å². The number of hydrogen-bond acceptors (Lipinski definition) is 6. The largest absolute Gasteiger partial charge is 0.454 e. The highest BCUT2D eigenvalue weighted by atomic mass is 32.2. The van der Waals surface area contributed by atoms with Crippen molar-refractivity contribution in [3.8, 4) is 0 Å². The fourth-order valence-corrected chi connectivity index (χ4v) is 4.80. The molecule has 31 heavy (non-hydrogen) atoms. The number of esters is 1. The van der Waals surface area contributed by atoms with Crippen LogP contribution in [0, 0.1) is 11.8 Å². The van der Waals surface area contributed by atoms with Gasteiger partial charge >= 0.3 is 5.97 Å². The second-order valence-corrected chi connectivity index (χ2v) is 9.36. The SMILES string of the molecule is CSCC[C@H](C(=O)OCC(=O)N[C@@H]1CCC[C@@H](C)[C@H]1C)N1C(=O)c2ccccc2C1=O. The molecule has 1 saturated carbocycles. The van der Waals surface area contributed by atoms with Crippen molar-refractivity contribution >= 4 is 35.5 Å². The lowest BCUT2D eigenvalue weighted by atomic mass is 9.78. The molecule has 0 spiro atoms. The minimum atomic E-state index is -1.05. The summed E-state index contributed by atoms with van der Waals surface area (Å²) < 4.78 is 5.27. The minimum Gasteiger partial charge on any atom is -0.454 e. The van der Waals surface area contributed by atoms with Gasteiger partial charge in [0.25, 0.3) is 17.7 Å². The number of imide groups is 1. The minimum absolute atomic E-state index is 0.0680. The van der Waals surface area contributed by atoms with Crippen LogP contribution in [0.25, 0.3) is 0 Å². The number of rotatable bonds is 8.